The molecule has 1 heteroatoms. The van der Waals surface area contributed by atoms with Gasteiger partial charge in [0.15, 0.2) is 0 Å². The van der Waals surface area contributed by atoms with E-state index in [9.17, 15) is 0 Å². The lowest BCUT2D eigenvalue weighted by molar-refractivity contribution is 0.452. The molecular formula is C16H23N. The lowest BCUT2D eigenvalue weighted by Crippen LogP contribution is -2.28. The first kappa shape index (κ1) is 11.3. The summed E-state index contributed by atoms with van der Waals surface area (Å²) in [4.78, 5) is 0. The van der Waals surface area contributed by atoms with Crippen LogP contribution in [0.4, 0.5) is 0 Å². The molecule has 1 fully saturated rings. The van der Waals surface area contributed by atoms with Crippen molar-refractivity contribution in [2.45, 2.75) is 44.9 Å². The van der Waals surface area contributed by atoms with Crippen LogP contribution in [0.25, 0.3) is 0 Å². The van der Waals surface area contributed by atoms with Gasteiger partial charge in [0, 0.05) is 13.1 Å². The molecule has 1 aromatic carbocycles. The summed E-state index contributed by atoms with van der Waals surface area (Å²) in [6.07, 6.45) is 6.84. The molecule has 0 amide bonds. The van der Waals surface area contributed by atoms with Gasteiger partial charge in [0.2, 0.25) is 0 Å². The van der Waals surface area contributed by atoms with Gasteiger partial charge in [0.25, 0.3) is 0 Å². The van der Waals surface area contributed by atoms with E-state index in [4.69, 9.17) is 0 Å². The first-order valence-electron chi connectivity index (χ1n) is 7.05. The van der Waals surface area contributed by atoms with Gasteiger partial charge in [-0.25, -0.2) is 0 Å². The van der Waals surface area contributed by atoms with E-state index in [1.807, 2.05) is 0 Å². The van der Waals surface area contributed by atoms with E-state index in [-0.39, 0.29) is 0 Å². The standard InChI is InChI=1S/C16H23N/c1-16(9-10-16)12-17-11-14-7-4-6-13-5-2-3-8-15(13)14/h2-3,5,8,14,17H,4,6-7,9-12H2,1H3. The quantitative estimate of drug-likeness (QED) is 0.833. The van der Waals surface area contributed by atoms with Crippen molar-refractivity contribution in [1.82, 2.24) is 5.32 Å². The van der Waals surface area contributed by atoms with Gasteiger partial charge < -0.3 is 5.32 Å². The second kappa shape index (κ2) is 4.45. The van der Waals surface area contributed by atoms with E-state index in [2.05, 4.69) is 36.5 Å². The summed E-state index contributed by atoms with van der Waals surface area (Å²) in [6.45, 7) is 4.78. The molecular weight excluding hydrogens is 206 g/mol. The van der Waals surface area contributed by atoms with Crippen LogP contribution in [0.1, 0.15) is 49.7 Å². The zero-order chi connectivity index (χ0) is 11.7. The zero-order valence-corrected chi connectivity index (χ0v) is 10.8. The van der Waals surface area contributed by atoms with Gasteiger partial charge in [-0.1, -0.05) is 31.2 Å². The highest BCUT2D eigenvalue weighted by Crippen LogP contribution is 2.44. The van der Waals surface area contributed by atoms with E-state index in [0.717, 1.165) is 5.92 Å². The lowest BCUT2D eigenvalue weighted by atomic mass is 9.83. The van der Waals surface area contributed by atoms with Crippen LogP contribution in [0, 0.1) is 5.41 Å². The number of benzene rings is 1. The summed E-state index contributed by atoms with van der Waals surface area (Å²) in [5, 5.41) is 3.70. The van der Waals surface area contributed by atoms with E-state index in [0.29, 0.717) is 5.41 Å². The first-order chi connectivity index (χ1) is 8.27. The molecule has 0 aliphatic heterocycles. The Kier molecular flexibility index (Phi) is 2.96. The molecule has 1 unspecified atom stereocenters. The third kappa shape index (κ3) is 2.55. The molecule has 0 radical (unpaired) electrons. The van der Waals surface area contributed by atoms with Crippen LogP contribution in [0.2, 0.25) is 0 Å². The van der Waals surface area contributed by atoms with Crippen LogP contribution in [0.5, 0.6) is 0 Å². The van der Waals surface area contributed by atoms with E-state index in [1.54, 1.807) is 11.1 Å². The van der Waals surface area contributed by atoms with Gasteiger partial charge in [0.1, 0.15) is 0 Å². The van der Waals surface area contributed by atoms with Crippen molar-refractivity contribution in [2.24, 2.45) is 5.41 Å². The molecule has 1 saturated carbocycles. The fourth-order valence-corrected chi connectivity index (χ4v) is 3.00. The average Bonchev–Trinajstić information content (AvgIpc) is 3.08. The molecule has 2 aliphatic carbocycles. The molecule has 92 valence electrons. The summed E-state index contributed by atoms with van der Waals surface area (Å²) < 4.78 is 0. The molecule has 3 rings (SSSR count). The van der Waals surface area contributed by atoms with Gasteiger partial charge in [-0.05, 0) is 54.6 Å². The lowest BCUT2D eigenvalue weighted by Gasteiger charge is -2.26. The fourth-order valence-electron chi connectivity index (χ4n) is 3.00. The van der Waals surface area contributed by atoms with Gasteiger partial charge in [0.05, 0.1) is 0 Å². The van der Waals surface area contributed by atoms with Crippen molar-refractivity contribution < 1.29 is 0 Å². The van der Waals surface area contributed by atoms with Gasteiger partial charge in [-0.2, -0.15) is 0 Å². The molecule has 2 aliphatic rings. The first-order valence-corrected chi connectivity index (χ1v) is 7.05. The van der Waals surface area contributed by atoms with Gasteiger partial charge >= 0.3 is 0 Å². The topological polar surface area (TPSA) is 12.0 Å². The zero-order valence-electron chi connectivity index (χ0n) is 10.8. The highest BCUT2D eigenvalue weighted by atomic mass is 14.9. The predicted octanol–water partition coefficient (Wildman–Crippen LogP) is 3.50. The third-order valence-electron chi connectivity index (χ3n) is 4.54. The van der Waals surface area contributed by atoms with Gasteiger partial charge in [-0.15, -0.1) is 0 Å². The van der Waals surface area contributed by atoms with Crippen LogP contribution in [-0.4, -0.2) is 13.1 Å². The smallest absolute Gasteiger partial charge is 0.00204 e. The Morgan fingerprint density at radius 2 is 2.12 bits per heavy atom. The second-order valence-corrected chi connectivity index (χ2v) is 6.23. The highest BCUT2D eigenvalue weighted by molar-refractivity contribution is 5.32. The Bertz CT molecular complexity index is 392. The number of hydrogen-bond donors (Lipinski definition) is 1. The number of rotatable bonds is 4. The van der Waals surface area contributed by atoms with E-state index in [1.165, 1.54) is 45.2 Å². The Morgan fingerprint density at radius 1 is 1.29 bits per heavy atom. The molecule has 1 atom stereocenters. The summed E-state index contributed by atoms with van der Waals surface area (Å²) in [6, 6.07) is 9.02. The van der Waals surface area contributed by atoms with E-state index >= 15 is 0 Å². The van der Waals surface area contributed by atoms with Gasteiger partial charge in [-0.3, -0.25) is 0 Å². The Morgan fingerprint density at radius 3 is 2.94 bits per heavy atom. The second-order valence-electron chi connectivity index (χ2n) is 6.23. The number of hydrogen-bond acceptors (Lipinski definition) is 1. The summed E-state index contributed by atoms with van der Waals surface area (Å²) in [7, 11) is 0. The molecule has 0 heterocycles. The van der Waals surface area contributed by atoms with Crippen molar-refractivity contribution in [3.63, 3.8) is 0 Å². The summed E-state index contributed by atoms with van der Waals surface area (Å²) in [5.41, 5.74) is 3.82. The van der Waals surface area contributed by atoms with Crippen molar-refractivity contribution in [1.29, 1.82) is 0 Å². The number of fused-ring (bicyclic) bond motifs is 1. The highest BCUT2D eigenvalue weighted by Gasteiger charge is 2.36. The van der Waals surface area contributed by atoms with Crippen molar-refractivity contribution in [2.75, 3.05) is 13.1 Å². The van der Waals surface area contributed by atoms with Crippen molar-refractivity contribution in [3.05, 3.63) is 35.4 Å². The average molecular weight is 229 g/mol. The van der Waals surface area contributed by atoms with Crippen LogP contribution in [0.3, 0.4) is 0 Å². The molecule has 1 nitrogen and oxygen atoms in total. The largest absolute Gasteiger partial charge is 0.316 e. The SMILES string of the molecule is CC1(CNCC2CCCc3ccccc32)CC1. The summed E-state index contributed by atoms with van der Waals surface area (Å²) in [5.74, 6) is 0.752. The molecule has 0 aromatic heterocycles. The maximum Gasteiger partial charge on any atom is 0.00204 e. The maximum atomic E-state index is 3.70. The molecule has 1 N–H and O–H groups in total. The normalized spacial score (nSPS) is 25.4. The minimum absolute atomic E-state index is 0.633. The van der Waals surface area contributed by atoms with Crippen molar-refractivity contribution in [3.8, 4) is 0 Å². The maximum absolute atomic E-state index is 3.70. The Balaban J connectivity index is 1.60. The van der Waals surface area contributed by atoms with Crippen LogP contribution < -0.4 is 5.32 Å². The molecule has 0 saturated heterocycles. The van der Waals surface area contributed by atoms with Crippen LogP contribution in [-0.2, 0) is 6.42 Å². The fraction of sp³-hybridized carbons (Fsp3) is 0.625. The van der Waals surface area contributed by atoms with E-state index < -0.39 is 0 Å². The van der Waals surface area contributed by atoms with Crippen LogP contribution >= 0.6 is 0 Å². The number of nitrogens with one attached hydrogen (secondary N) is 1. The molecule has 0 spiro atoms. The third-order valence-corrected chi connectivity index (χ3v) is 4.54. The predicted molar refractivity (Wildman–Crippen MR) is 72.3 cm³/mol. The Hall–Kier alpha value is -0.820. The number of aryl methyl sites for hydroxylation is 1. The monoisotopic (exact) mass is 229 g/mol. The molecule has 17 heavy (non-hydrogen) atoms. The van der Waals surface area contributed by atoms with Crippen molar-refractivity contribution >= 4 is 0 Å². The summed E-state index contributed by atoms with van der Waals surface area (Å²) >= 11 is 0. The molecule has 0 bridgehead atoms. The Labute approximate surface area is 105 Å². The molecule has 1 aromatic rings. The minimum Gasteiger partial charge on any atom is -0.316 e. The van der Waals surface area contributed by atoms with Crippen LogP contribution in [0.15, 0.2) is 24.3 Å². The minimum atomic E-state index is 0.633.